The van der Waals surface area contributed by atoms with Gasteiger partial charge in [0, 0.05) is 17.2 Å². The van der Waals surface area contributed by atoms with Crippen LogP contribution in [0.15, 0.2) is 30.5 Å². The van der Waals surface area contributed by atoms with Crippen LogP contribution in [0, 0.1) is 37.4 Å². The Kier molecular flexibility index (Phi) is 4.50. The van der Waals surface area contributed by atoms with Crippen molar-refractivity contribution < 1.29 is 8.96 Å². The van der Waals surface area contributed by atoms with Crippen LogP contribution in [-0.2, 0) is 7.05 Å². The second kappa shape index (κ2) is 6.31. The molecule has 0 spiro atoms. The second-order valence-electron chi connectivity index (χ2n) is 7.90. The summed E-state index contributed by atoms with van der Waals surface area (Å²) in [5, 5.41) is 0. The number of aromatic nitrogens is 1. The molecule has 1 heterocycles. The second-order valence-corrected chi connectivity index (χ2v) is 7.90. The van der Waals surface area contributed by atoms with Crippen LogP contribution in [0.25, 0.3) is 11.3 Å². The number of halogens is 1. The normalized spacial score (nSPS) is 26.8. The van der Waals surface area contributed by atoms with Crippen LogP contribution in [0.5, 0.6) is 0 Å². The molecule has 0 amide bonds. The fraction of sp³-hybridized carbons (Fsp3) is 0.500. The third-order valence-corrected chi connectivity index (χ3v) is 6.37. The molecule has 1 aliphatic carbocycles. The van der Waals surface area contributed by atoms with Gasteiger partial charge in [-0.2, -0.15) is 0 Å². The van der Waals surface area contributed by atoms with Crippen molar-refractivity contribution in [2.75, 3.05) is 0 Å². The first-order valence-electron chi connectivity index (χ1n) is 9.06. The average Bonchev–Trinajstić information content (AvgIpc) is 2.77. The number of pyridine rings is 1. The molecule has 1 nitrogen and oxygen atoms in total. The van der Waals surface area contributed by atoms with E-state index >= 15 is 0 Å². The number of aryl methyl sites for hydroxylation is 3. The molecule has 128 valence electrons. The van der Waals surface area contributed by atoms with Crippen LogP contribution >= 0.6 is 0 Å². The molecule has 0 N–H and O–H groups in total. The van der Waals surface area contributed by atoms with Gasteiger partial charge < -0.3 is 0 Å². The Morgan fingerprint density at radius 2 is 1.71 bits per heavy atom. The van der Waals surface area contributed by atoms with Gasteiger partial charge in [-0.05, 0) is 73.3 Å². The molecule has 0 aliphatic heterocycles. The number of hydrogen-bond acceptors (Lipinski definition) is 0. The minimum absolute atomic E-state index is 0.171. The molecule has 0 radical (unpaired) electrons. The maximum absolute atomic E-state index is 13.4. The zero-order chi connectivity index (χ0) is 17.6. The lowest BCUT2D eigenvalue weighted by molar-refractivity contribution is -0.661. The largest absolute Gasteiger partial charge is 0.212 e. The lowest BCUT2D eigenvalue weighted by Crippen LogP contribution is -2.32. The molecule has 1 aromatic heterocycles. The van der Waals surface area contributed by atoms with Gasteiger partial charge in [0.25, 0.3) is 0 Å². The van der Waals surface area contributed by atoms with E-state index in [9.17, 15) is 4.39 Å². The lowest BCUT2D eigenvalue weighted by Gasteiger charge is -2.20. The van der Waals surface area contributed by atoms with Gasteiger partial charge in [-0.15, -0.1) is 0 Å². The van der Waals surface area contributed by atoms with Gasteiger partial charge in [-0.3, -0.25) is 0 Å². The highest BCUT2D eigenvalue weighted by atomic mass is 19.1. The summed E-state index contributed by atoms with van der Waals surface area (Å²) in [4.78, 5) is 0. The van der Waals surface area contributed by atoms with Crippen molar-refractivity contribution in [2.45, 2.75) is 47.0 Å². The smallest absolute Gasteiger partial charge is 0.207 e. The molecule has 3 rings (SSSR count). The topological polar surface area (TPSA) is 3.88 Å². The number of nitrogens with zero attached hydrogens (tertiary/aromatic N) is 1. The minimum Gasteiger partial charge on any atom is -0.207 e. The highest BCUT2D eigenvalue weighted by molar-refractivity contribution is 5.61. The SMILES string of the molecule is Cc1cc(F)ccc1-c1cc(C)c(C2CC(C)C(C)C2C)c[n+]1C. The van der Waals surface area contributed by atoms with E-state index in [4.69, 9.17) is 0 Å². The van der Waals surface area contributed by atoms with Crippen LogP contribution in [-0.4, -0.2) is 0 Å². The van der Waals surface area contributed by atoms with Gasteiger partial charge in [0.2, 0.25) is 5.69 Å². The van der Waals surface area contributed by atoms with E-state index in [2.05, 4.69) is 51.6 Å². The molecule has 4 unspecified atom stereocenters. The Morgan fingerprint density at radius 1 is 1.00 bits per heavy atom. The van der Waals surface area contributed by atoms with Gasteiger partial charge in [-0.1, -0.05) is 20.8 Å². The van der Waals surface area contributed by atoms with Gasteiger partial charge in [-0.25, -0.2) is 8.96 Å². The van der Waals surface area contributed by atoms with Crippen molar-refractivity contribution in [3.05, 3.63) is 53.0 Å². The molecule has 1 saturated carbocycles. The Balaban J connectivity index is 2.04. The fourth-order valence-electron chi connectivity index (χ4n) is 4.47. The summed E-state index contributed by atoms with van der Waals surface area (Å²) in [6.07, 6.45) is 3.58. The number of benzene rings is 1. The quantitative estimate of drug-likeness (QED) is 0.657. The van der Waals surface area contributed by atoms with Gasteiger partial charge in [0.1, 0.15) is 12.9 Å². The first-order chi connectivity index (χ1) is 11.3. The molecule has 24 heavy (non-hydrogen) atoms. The molecular formula is C22H29FN+. The van der Waals surface area contributed by atoms with Crippen LogP contribution in [0.3, 0.4) is 0 Å². The summed E-state index contributed by atoms with van der Waals surface area (Å²) < 4.78 is 15.6. The average molecular weight is 326 g/mol. The maximum Gasteiger partial charge on any atom is 0.212 e. The van der Waals surface area contributed by atoms with Crippen molar-refractivity contribution in [3.63, 3.8) is 0 Å². The third-order valence-electron chi connectivity index (χ3n) is 6.37. The molecule has 0 bridgehead atoms. The summed E-state index contributed by atoms with van der Waals surface area (Å²) in [6.45, 7) is 11.4. The first kappa shape index (κ1) is 17.1. The Labute approximate surface area is 145 Å². The molecule has 1 fully saturated rings. The highest BCUT2D eigenvalue weighted by Crippen LogP contribution is 2.47. The summed E-state index contributed by atoms with van der Waals surface area (Å²) in [5.74, 6) is 2.75. The monoisotopic (exact) mass is 326 g/mol. The predicted molar refractivity (Wildman–Crippen MR) is 97.3 cm³/mol. The van der Waals surface area contributed by atoms with E-state index in [1.54, 1.807) is 12.1 Å². The molecule has 1 aromatic carbocycles. The van der Waals surface area contributed by atoms with E-state index in [0.29, 0.717) is 5.92 Å². The van der Waals surface area contributed by atoms with Crippen molar-refractivity contribution >= 4 is 0 Å². The molecule has 4 atom stereocenters. The van der Waals surface area contributed by atoms with Crippen molar-refractivity contribution in [2.24, 2.45) is 24.8 Å². The van der Waals surface area contributed by atoms with Crippen LogP contribution < -0.4 is 4.57 Å². The lowest BCUT2D eigenvalue weighted by atomic mass is 9.85. The van der Waals surface area contributed by atoms with Crippen LogP contribution in [0.1, 0.15) is 49.8 Å². The number of rotatable bonds is 2. The first-order valence-corrected chi connectivity index (χ1v) is 9.06. The highest BCUT2D eigenvalue weighted by Gasteiger charge is 2.38. The summed E-state index contributed by atoms with van der Waals surface area (Å²) >= 11 is 0. The van der Waals surface area contributed by atoms with Crippen molar-refractivity contribution in [3.8, 4) is 11.3 Å². The van der Waals surface area contributed by atoms with Crippen LogP contribution in [0.4, 0.5) is 4.39 Å². The molecular weight excluding hydrogens is 297 g/mol. The zero-order valence-corrected chi connectivity index (χ0v) is 15.7. The molecule has 2 heteroatoms. The molecule has 0 saturated heterocycles. The van der Waals surface area contributed by atoms with E-state index in [1.807, 2.05) is 13.0 Å². The third kappa shape index (κ3) is 2.87. The van der Waals surface area contributed by atoms with Crippen molar-refractivity contribution in [1.29, 1.82) is 0 Å². The summed E-state index contributed by atoms with van der Waals surface area (Å²) in [7, 11) is 2.10. The van der Waals surface area contributed by atoms with E-state index in [0.717, 1.165) is 34.6 Å². The Hall–Kier alpha value is -1.70. The predicted octanol–water partition coefficient (Wildman–Crippen LogP) is 5.33. The van der Waals surface area contributed by atoms with E-state index in [1.165, 1.54) is 17.5 Å². The molecule has 2 aromatic rings. The van der Waals surface area contributed by atoms with Gasteiger partial charge in [0.05, 0.1) is 0 Å². The fourth-order valence-corrected chi connectivity index (χ4v) is 4.47. The van der Waals surface area contributed by atoms with E-state index in [-0.39, 0.29) is 5.82 Å². The number of hydrogen-bond donors (Lipinski definition) is 0. The summed E-state index contributed by atoms with van der Waals surface area (Å²) in [6, 6.07) is 7.33. The Bertz CT molecular complexity index is 765. The van der Waals surface area contributed by atoms with Gasteiger partial charge in [0.15, 0.2) is 6.20 Å². The van der Waals surface area contributed by atoms with Crippen LogP contribution in [0.2, 0.25) is 0 Å². The Morgan fingerprint density at radius 3 is 2.29 bits per heavy atom. The van der Waals surface area contributed by atoms with E-state index < -0.39 is 0 Å². The standard InChI is InChI=1S/C22H29FN/c1-13-10-20(17(5)16(13)4)21-12-24(6)22(11-15(21)3)19-8-7-18(23)9-14(19)2/h7-9,11-13,16-17,20H,10H2,1-6H3/q+1. The minimum atomic E-state index is -0.171. The zero-order valence-electron chi connectivity index (χ0n) is 15.7. The summed E-state index contributed by atoms with van der Waals surface area (Å²) in [5.41, 5.74) is 6.07. The van der Waals surface area contributed by atoms with Gasteiger partial charge >= 0.3 is 0 Å². The maximum atomic E-state index is 13.4. The molecule has 1 aliphatic rings. The van der Waals surface area contributed by atoms with Crippen molar-refractivity contribution in [1.82, 2.24) is 0 Å².